The lowest BCUT2D eigenvalue weighted by Gasteiger charge is -2.39. The van der Waals surface area contributed by atoms with Crippen LogP contribution in [0.1, 0.15) is 77.3 Å². The predicted octanol–water partition coefficient (Wildman–Crippen LogP) is 6.60. The number of benzene rings is 2. The minimum Gasteiger partial charge on any atom is -0.478 e. The number of carbonyl (C=O) groups is 3. The number of piperazine rings is 1. The number of piperidine rings is 1. The molecule has 3 fully saturated rings. The molecule has 51 heavy (non-hydrogen) atoms. The summed E-state index contributed by atoms with van der Waals surface area (Å²) in [4.78, 5) is 47.9. The van der Waals surface area contributed by atoms with Crippen LogP contribution in [-0.2, 0) is 20.9 Å². The molecule has 0 radical (unpaired) electrons. The Hall–Kier alpha value is -4.54. The van der Waals surface area contributed by atoms with Gasteiger partial charge in [-0.1, -0.05) is 35.5 Å². The van der Waals surface area contributed by atoms with E-state index >= 15 is 0 Å². The fraction of sp³-hybridized carbons (Fsp3) is 0.550. The van der Waals surface area contributed by atoms with E-state index in [9.17, 15) is 14.4 Å². The third kappa shape index (κ3) is 8.68. The molecule has 2 aromatic carbocycles. The van der Waals surface area contributed by atoms with Gasteiger partial charge in [-0.15, -0.1) is 0 Å². The highest BCUT2D eigenvalue weighted by atomic mass is 16.6. The first-order valence-corrected chi connectivity index (χ1v) is 18.3. The Labute approximate surface area is 301 Å². The SMILES string of the molecule is Cc1noc(C)c1-c1ccc(CN(C(=O)[C@@H]2CCCN(c3cccc(OC(C)(C)C(=O)N4CCN(C(=O)OC(C)(C)C)CC4)c3)C2)C2CC2)cc1. The van der Waals surface area contributed by atoms with Crippen LogP contribution in [0.4, 0.5) is 10.5 Å². The van der Waals surface area contributed by atoms with Gasteiger partial charge < -0.3 is 33.6 Å². The highest BCUT2D eigenvalue weighted by Crippen LogP contribution is 2.34. The molecule has 1 saturated carbocycles. The van der Waals surface area contributed by atoms with E-state index in [0.29, 0.717) is 51.1 Å². The molecule has 1 aliphatic carbocycles. The van der Waals surface area contributed by atoms with Crippen LogP contribution in [-0.4, -0.2) is 94.3 Å². The minimum atomic E-state index is -1.11. The van der Waals surface area contributed by atoms with E-state index < -0.39 is 11.2 Å². The molecule has 11 nitrogen and oxygen atoms in total. The monoisotopic (exact) mass is 699 g/mol. The maximum atomic E-state index is 14.1. The second-order valence-corrected chi connectivity index (χ2v) is 15.7. The molecule has 6 rings (SSSR count). The summed E-state index contributed by atoms with van der Waals surface area (Å²) >= 11 is 0. The molecule has 3 aromatic rings. The normalized spacial score (nSPS) is 18.4. The predicted molar refractivity (Wildman–Crippen MR) is 195 cm³/mol. The van der Waals surface area contributed by atoms with Crippen molar-refractivity contribution in [2.45, 2.75) is 97.9 Å². The highest BCUT2D eigenvalue weighted by Gasteiger charge is 2.39. The highest BCUT2D eigenvalue weighted by molar-refractivity contribution is 5.85. The quantitative estimate of drug-likeness (QED) is 0.246. The summed E-state index contributed by atoms with van der Waals surface area (Å²) in [5.74, 6) is 1.41. The zero-order chi connectivity index (χ0) is 36.5. The molecule has 1 aromatic heterocycles. The van der Waals surface area contributed by atoms with Crippen molar-refractivity contribution in [3.05, 3.63) is 65.5 Å². The second-order valence-electron chi connectivity index (χ2n) is 15.7. The first-order valence-electron chi connectivity index (χ1n) is 18.3. The third-order valence-electron chi connectivity index (χ3n) is 9.96. The van der Waals surface area contributed by atoms with Crippen molar-refractivity contribution in [2.24, 2.45) is 5.92 Å². The number of hydrogen-bond acceptors (Lipinski definition) is 8. The summed E-state index contributed by atoms with van der Waals surface area (Å²) in [5, 5.41) is 4.09. The van der Waals surface area contributed by atoms with E-state index in [1.54, 1.807) is 23.6 Å². The van der Waals surface area contributed by atoms with Crippen molar-refractivity contribution < 1.29 is 28.4 Å². The number of nitrogens with zero attached hydrogens (tertiary/aromatic N) is 5. The molecule has 11 heteroatoms. The number of amides is 3. The Morgan fingerprint density at radius 2 is 1.59 bits per heavy atom. The molecule has 3 aliphatic rings. The third-order valence-corrected chi connectivity index (χ3v) is 9.96. The van der Waals surface area contributed by atoms with Gasteiger partial charge in [0.2, 0.25) is 5.91 Å². The van der Waals surface area contributed by atoms with Crippen LogP contribution in [0.25, 0.3) is 11.1 Å². The van der Waals surface area contributed by atoms with Gasteiger partial charge in [0.15, 0.2) is 5.60 Å². The summed E-state index contributed by atoms with van der Waals surface area (Å²) in [5.41, 5.74) is 3.39. The van der Waals surface area contributed by atoms with Crippen LogP contribution in [0.5, 0.6) is 5.75 Å². The lowest BCUT2D eigenvalue weighted by Crippen LogP contribution is -2.57. The topological polar surface area (TPSA) is 109 Å². The molecule has 274 valence electrons. The molecule has 3 heterocycles. The van der Waals surface area contributed by atoms with Crippen LogP contribution in [0, 0.1) is 19.8 Å². The van der Waals surface area contributed by atoms with Gasteiger partial charge in [-0.3, -0.25) is 9.59 Å². The van der Waals surface area contributed by atoms with Crippen LogP contribution in [0.3, 0.4) is 0 Å². The summed E-state index contributed by atoms with van der Waals surface area (Å²) in [6, 6.07) is 16.5. The van der Waals surface area contributed by atoms with Crippen molar-refractivity contribution in [1.82, 2.24) is 19.9 Å². The summed E-state index contributed by atoms with van der Waals surface area (Å²) < 4.78 is 17.2. The van der Waals surface area contributed by atoms with Crippen molar-refractivity contribution in [3.63, 3.8) is 0 Å². The average molecular weight is 700 g/mol. The molecular weight excluding hydrogens is 646 g/mol. The molecule has 0 unspecified atom stereocenters. The lowest BCUT2D eigenvalue weighted by molar-refractivity contribution is -0.147. The zero-order valence-corrected chi connectivity index (χ0v) is 31.2. The van der Waals surface area contributed by atoms with Crippen LogP contribution >= 0.6 is 0 Å². The van der Waals surface area contributed by atoms with Gasteiger partial charge in [0.05, 0.1) is 11.6 Å². The Morgan fingerprint density at radius 1 is 0.902 bits per heavy atom. The Balaban J connectivity index is 1.06. The van der Waals surface area contributed by atoms with Gasteiger partial charge in [-0.25, -0.2) is 4.79 Å². The molecule has 3 amide bonds. The van der Waals surface area contributed by atoms with Gasteiger partial charge in [0.1, 0.15) is 17.1 Å². The fourth-order valence-electron chi connectivity index (χ4n) is 7.17. The second kappa shape index (κ2) is 14.6. The van der Waals surface area contributed by atoms with Gasteiger partial charge in [0.25, 0.3) is 5.91 Å². The maximum Gasteiger partial charge on any atom is 0.410 e. The number of carbonyl (C=O) groups excluding carboxylic acids is 3. The number of aromatic nitrogens is 1. The van der Waals surface area contributed by atoms with Crippen molar-refractivity contribution in [2.75, 3.05) is 44.2 Å². The van der Waals surface area contributed by atoms with Gasteiger partial charge in [-0.05, 0) is 97.4 Å². The van der Waals surface area contributed by atoms with Crippen LogP contribution in [0.15, 0.2) is 53.1 Å². The standard InChI is InChI=1S/C40H53N5O6/c1-27-35(28(2)51-41-27)30-15-13-29(14-16-30)25-45(32-17-18-32)36(46)31-10-9-19-44(26-31)33-11-8-12-34(24-33)49-40(6,7)37(47)42-20-22-43(23-21-42)38(48)50-39(3,4)5/h8,11-16,24,31-32H,9-10,17-23,25-26H2,1-7H3/t31-/m1/s1. The largest absolute Gasteiger partial charge is 0.478 e. The zero-order valence-electron chi connectivity index (χ0n) is 31.2. The number of hydrogen-bond donors (Lipinski definition) is 0. The number of ether oxygens (including phenoxy) is 2. The van der Waals surface area contributed by atoms with Gasteiger partial charge in [-0.2, -0.15) is 0 Å². The van der Waals surface area contributed by atoms with E-state index in [0.717, 1.165) is 66.1 Å². The van der Waals surface area contributed by atoms with Crippen LogP contribution in [0.2, 0.25) is 0 Å². The Bertz CT molecular complexity index is 1700. The first kappa shape index (κ1) is 36.3. The lowest BCUT2D eigenvalue weighted by atomic mass is 9.95. The van der Waals surface area contributed by atoms with E-state index in [4.69, 9.17) is 14.0 Å². The van der Waals surface area contributed by atoms with Gasteiger partial charge in [0, 0.05) is 69.2 Å². The van der Waals surface area contributed by atoms with E-state index in [1.807, 2.05) is 58.9 Å². The average Bonchev–Trinajstić information content (AvgIpc) is 3.89. The number of anilines is 1. The van der Waals surface area contributed by atoms with Crippen molar-refractivity contribution in [3.8, 4) is 16.9 Å². The maximum absolute atomic E-state index is 14.1. The van der Waals surface area contributed by atoms with E-state index in [-0.39, 0.29) is 23.8 Å². The summed E-state index contributed by atoms with van der Waals surface area (Å²) in [6.07, 6.45) is 3.52. The Kier molecular flexibility index (Phi) is 10.4. The first-order chi connectivity index (χ1) is 24.2. The molecule has 2 saturated heterocycles. The van der Waals surface area contributed by atoms with Crippen molar-refractivity contribution >= 4 is 23.6 Å². The number of rotatable bonds is 9. The minimum absolute atomic E-state index is 0.0946. The van der Waals surface area contributed by atoms with E-state index in [2.05, 4.69) is 39.2 Å². The van der Waals surface area contributed by atoms with Crippen molar-refractivity contribution in [1.29, 1.82) is 0 Å². The fourth-order valence-corrected chi connectivity index (χ4v) is 7.17. The van der Waals surface area contributed by atoms with Gasteiger partial charge >= 0.3 is 6.09 Å². The van der Waals surface area contributed by atoms with Crippen LogP contribution < -0.4 is 9.64 Å². The molecule has 0 spiro atoms. The molecular formula is C40H53N5O6. The molecule has 0 N–H and O–H groups in total. The molecule has 0 bridgehead atoms. The Morgan fingerprint density at radius 3 is 2.22 bits per heavy atom. The summed E-state index contributed by atoms with van der Waals surface area (Å²) in [7, 11) is 0. The summed E-state index contributed by atoms with van der Waals surface area (Å²) in [6.45, 7) is 16.7. The number of aryl methyl sites for hydroxylation is 2. The molecule has 2 aliphatic heterocycles. The molecule has 1 atom stereocenters. The van der Waals surface area contributed by atoms with E-state index in [1.165, 1.54) is 0 Å². The smallest absolute Gasteiger partial charge is 0.410 e.